The van der Waals surface area contributed by atoms with Crippen molar-refractivity contribution in [3.05, 3.63) is 71.3 Å². The number of hydrogen-bond acceptors (Lipinski definition) is 6. The third-order valence-electron chi connectivity index (χ3n) is 6.26. The van der Waals surface area contributed by atoms with Gasteiger partial charge in [0.15, 0.2) is 0 Å². The van der Waals surface area contributed by atoms with Crippen LogP contribution in [-0.4, -0.2) is 95.1 Å². The number of halogens is 2. The third kappa shape index (κ3) is 5.74. The van der Waals surface area contributed by atoms with Gasteiger partial charge in [-0.1, -0.05) is 18.2 Å². The summed E-state index contributed by atoms with van der Waals surface area (Å²) >= 11 is 0. The lowest BCUT2D eigenvalue weighted by Gasteiger charge is -2.31. The Morgan fingerprint density at radius 2 is 1.86 bits per heavy atom. The van der Waals surface area contributed by atoms with Gasteiger partial charge in [0, 0.05) is 45.3 Å². The summed E-state index contributed by atoms with van der Waals surface area (Å²) < 4.78 is 33.6. The first-order chi connectivity index (χ1) is 17.2. The smallest absolute Gasteiger partial charge is 0.409 e. The maximum atomic E-state index is 14.5. The lowest BCUT2D eigenvalue weighted by molar-refractivity contribution is -0.114. The molecule has 36 heavy (non-hydrogen) atoms. The number of aromatic hydroxyl groups is 1. The molecule has 0 aromatic heterocycles. The molecular formula is C25H28F2N4O5. The Balaban J connectivity index is 1.45. The Morgan fingerprint density at radius 1 is 1.11 bits per heavy atom. The Morgan fingerprint density at radius 3 is 2.58 bits per heavy atom. The highest BCUT2D eigenvalue weighted by Crippen LogP contribution is 2.37. The molecule has 0 aliphatic carbocycles. The number of amides is 3. The van der Waals surface area contributed by atoms with Crippen LogP contribution in [0.2, 0.25) is 0 Å². The van der Waals surface area contributed by atoms with E-state index in [-0.39, 0.29) is 31.0 Å². The minimum atomic E-state index is -0.623. The fourth-order valence-corrected chi connectivity index (χ4v) is 4.26. The molecule has 0 bridgehead atoms. The van der Waals surface area contributed by atoms with Crippen LogP contribution in [0.25, 0.3) is 5.57 Å². The molecule has 2 heterocycles. The summed E-state index contributed by atoms with van der Waals surface area (Å²) in [5.74, 6) is -1.18. The summed E-state index contributed by atoms with van der Waals surface area (Å²) in [6, 6.07) is 8.53. The van der Waals surface area contributed by atoms with Gasteiger partial charge in [-0.25, -0.2) is 18.4 Å². The molecule has 4 rings (SSSR count). The van der Waals surface area contributed by atoms with Crippen molar-refractivity contribution in [1.82, 2.24) is 19.8 Å². The monoisotopic (exact) mass is 502 g/mol. The number of rotatable bonds is 5. The van der Waals surface area contributed by atoms with E-state index in [1.165, 1.54) is 26.8 Å². The van der Waals surface area contributed by atoms with Crippen molar-refractivity contribution in [2.75, 3.05) is 52.9 Å². The number of piperazine rings is 1. The average Bonchev–Trinajstić information content (AvgIpc) is 3.30. The second kappa shape index (κ2) is 10.9. The first kappa shape index (κ1) is 25.4. The molecule has 0 spiro atoms. The Hall–Kier alpha value is -3.70. The molecule has 9 nitrogen and oxygen atoms in total. The first-order valence-corrected chi connectivity index (χ1v) is 11.5. The molecule has 2 N–H and O–H groups in total. The molecule has 2 aliphatic rings. The van der Waals surface area contributed by atoms with Gasteiger partial charge in [0.2, 0.25) is 0 Å². The lowest BCUT2D eigenvalue weighted by Crippen LogP contribution is -2.48. The van der Waals surface area contributed by atoms with Crippen LogP contribution in [-0.2, 0) is 4.74 Å². The van der Waals surface area contributed by atoms with Crippen LogP contribution in [0.4, 0.5) is 18.4 Å². The normalized spacial score (nSPS) is 18.2. The van der Waals surface area contributed by atoms with Crippen molar-refractivity contribution in [3.8, 4) is 5.75 Å². The maximum absolute atomic E-state index is 14.5. The van der Waals surface area contributed by atoms with E-state index >= 15 is 0 Å². The minimum Gasteiger partial charge on any atom is -0.508 e. The summed E-state index contributed by atoms with van der Waals surface area (Å²) in [5, 5.41) is 20.5. The van der Waals surface area contributed by atoms with Crippen LogP contribution in [0, 0.1) is 11.6 Å². The fraction of sp³-hybridized carbons (Fsp3) is 0.360. The van der Waals surface area contributed by atoms with E-state index in [0.717, 1.165) is 23.3 Å². The van der Waals surface area contributed by atoms with Gasteiger partial charge < -0.3 is 29.8 Å². The lowest BCUT2D eigenvalue weighted by atomic mass is 10.0. The van der Waals surface area contributed by atoms with Crippen LogP contribution in [0.3, 0.4) is 0 Å². The molecule has 0 saturated carbocycles. The van der Waals surface area contributed by atoms with Crippen LogP contribution >= 0.6 is 0 Å². The highest BCUT2D eigenvalue weighted by atomic mass is 19.1. The molecule has 1 unspecified atom stereocenters. The SMILES string of the molecule is CN(CCOC(=O)N1CCN(O)CC1)C(=O)N1CC(c2cc(F)ccc2F)=CC1c1cccc(O)c1. The van der Waals surface area contributed by atoms with E-state index in [1.54, 1.807) is 25.3 Å². The molecule has 0 radical (unpaired) electrons. The Bertz CT molecular complexity index is 1150. The fourth-order valence-electron chi connectivity index (χ4n) is 4.26. The molecule has 1 saturated heterocycles. The van der Waals surface area contributed by atoms with Gasteiger partial charge in [-0.15, -0.1) is 0 Å². The number of benzene rings is 2. The molecule has 2 aromatic carbocycles. The molecule has 2 aliphatic heterocycles. The number of likely N-dealkylation sites (N-methyl/N-ethyl adjacent to an activating group) is 1. The summed E-state index contributed by atoms with van der Waals surface area (Å²) in [6.07, 6.45) is 1.16. The van der Waals surface area contributed by atoms with E-state index in [1.807, 2.05) is 0 Å². The zero-order chi connectivity index (χ0) is 25.8. The van der Waals surface area contributed by atoms with E-state index < -0.39 is 29.8 Å². The van der Waals surface area contributed by atoms with Gasteiger partial charge >= 0.3 is 12.1 Å². The predicted molar refractivity (Wildman–Crippen MR) is 126 cm³/mol. The topological polar surface area (TPSA) is 96.8 Å². The highest BCUT2D eigenvalue weighted by Gasteiger charge is 2.33. The molecule has 1 fully saturated rings. The number of nitrogens with zero attached hydrogens (tertiary/aromatic N) is 4. The molecule has 192 valence electrons. The predicted octanol–water partition coefficient (Wildman–Crippen LogP) is 3.31. The molecule has 1 atom stereocenters. The van der Waals surface area contributed by atoms with Crippen LogP contribution in [0.15, 0.2) is 48.5 Å². The number of urea groups is 1. The van der Waals surface area contributed by atoms with Gasteiger partial charge in [-0.2, -0.15) is 5.06 Å². The first-order valence-electron chi connectivity index (χ1n) is 11.5. The molecule has 2 aromatic rings. The third-order valence-corrected chi connectivity index (χ3v) is 6.26. The van der Waals surface area contributed by atoms with Crippen molar-refractivity contribution in [3.63, 3.8) is 0 Å². The second-order valence-electron chi connectivity index (χ2n) is 8.74. The number of phenols is 1. The van der Waals surface area contributed by atoms with Gasteiger partial charge in [0.1, 0.15) is 24.0 Å². The van der Waals surface area contributed by atoms with Gasteiger partial charge in [-0.3, -0.25) is 0 Å². The van der Waals surface area contributed by atoms with E-state index in [9.17, 15) is 28.7 Å². The van der Waals surface area contributed by atoms with Crippen molar-refractivity contribution in [2.24, 2.45) is 0 Å². The van der Waals surface area contributed by atoms with Crippen molar-refractivity contribution in [1.29, 1.82) is 0 Å². The van der Waals surface area contributed by atoms with E-state index in [4.69, 9.17) is 4.74 Å². The summed E-state index contributed by atoms with van der Waals surface area (Å²) in [5.41, 5.74) is 1.12. The standard InChI is InChI=1S/C25H28F2N4O5/c1-28(11-12-36-25(34)29-7-9-30(35)10-8-29)24(33)31-16-18(21-15-19(26)5-6-22(21)27)14-23(31)17-3-2-4-20(32)13-17/h2-6,13-15,23,32,35H,7-12,16H2,1H3. The Kier molecular flexibility index (Phi) is 7.70. The highest BCUT2D eigenvalue weighted by molar-refractivity contribution is 5.82. The zero-order valence-corrected chi connectivity index (χ0v) is 19.8. The van der Waals surface area contributed by atoms with Crippen molar-refractivity contribution >= 4 is 17.7 Å². The molecule has 3 amide bonds. The minimum absolute atomic E-state index is 0.0148. The summed E-state index contributed by atoms with van der Waals surface area (Å²) in [4.78, 5) is 29.9. The van der Waals surface area contributed by atoms with E-state index in [2.05, 4.69) is 0 Å². The quantitative estimate of drug-likeness (QED) is 0.652. The van der Waals surface area contributed by atoms with Crippen LogP contribution in [0.5, 0.6) is 5.75 Å². The second-order valence-corrected chi connectivity index (χ2v) is 8.74. The zero-order valence-electron chi connectivity index (χ0n) is 19.8. The van der Waals surface area contributed by atoms with Crippen LogP contribution < -0.4 is 0 Å². The van der Waals surface area contributed by atoms with Crippen molar-refractivity contribution in [2.45, 2.75) is 6.04 Å². The average molecular weight is 503 g/mol. The number of ether oxygens (including phenoxy) is 1. The number of hydrogen-bond donors (Lipinski definition) is 2. The van der Waals surface area contributed by atoms with Gasteiger partial charge in [0.25, 0.3) is 0 Å². The number of hydroxylamine groups is 2. The molecule has 11 heteroatoms. The largest absolute Gasteiger partial charge is 0.508 e. The maximum Gasteiger partial charge on any atom is 0.409 e. The van der Waals surface area contributed by atoms with Gasteiger partial charge in [-0.05, 0) is 41.5 Å². The Labute approximate surface area is 207 Å². The summed E-state index contributed by atoms with van der Waals surface area (Å²) in [6.45, 7) is 1.44. The number of phenolic OH excluding ortho intramolecular Hbond substituents is 1. The van der Waals surface area contributed by atoms with Crippen molar-refractivity contribution < 1.29 is 33.4 Å². The number of carbonyl (C=O) groups is 2. The number of carbonyl (C=O) groups excluding carboxylic acids is 2. The van der Waals surface area contributed by atoms with Crippen LogP contribution in [0.1, 0.15) is 17.2 Å². The van der Waals surface area contributed by atoms with E-state index in [0.29, 0.717) is 37.3 Å². The van der Waals surface area contributed by atoms with Gasteiger partial charge in [0.05, 0.1) is 12.6 Å². The summed E-state index contributed by atoms with van der Waals surface area (Å²) in [7, 11) is 1.56. The molecular weight excluding hydrogens is 474 g/mol.